The Kier molecular flexibility index (Phi) is 3.55. The molecule has 0 aromatic heterocycles. The van der Waals surface area contributed by atoms with Crippen molar-refractivity contribution in [2.24, 2.45) is 0 Å². The molecule has 0 nitrogen and oxygen atoms in total. The zero-order chi connectivity index (χ0) is 8.81. The quantitative estimate of drug-likeness (QED) is 0.482. The van der Waals surface area contributed by atoms with E-state index < -0.39 is 0 Å². The van der Waals surface area contributed by atoms with Crippen molar-refractivity contribution >= 4 is 14.7 Å². The lowest BCUT2D eigenvalue weighted by Gasteiger charge is -2.04. The summed E-state index contributed by atoms with van der Waals surface area (Å²) in [5, 5.41) is 1.36. The number of rotatable bonds is 4. The van der Waals surface area contributed by atoms with Gasteiger partial charge in [-0.25, -0.2) is 0 Å². The van der Waals surface area contributed by atoms with Gasteiger partial charge in [0.05, 0.1) is 9.52 Å². The summed E-state index contributed by atoms with van der Waals surface area (Å²) in [6.07, 6.45) is 3.89. The highest BCUT2D eigenvalue weighted by atomic mass is 28.2. The van der Waals surface area contributed by atoms with Crippen molar-refractivity contribution in [1.29, 1.82) is 0 Å². The van der Waals surface area contributed by atoms with Gasteiger partial charge >= 0.3 is 0 Å². The van der Waals surface area contributed by atoms with Crippen LogP contribution in [-0.4, -0.2) is 9.52 Å². The van der Waals surface area contributed by atoms with Crippen molar-refractivity contribution in [3.63, 3.8) is 0 Å². The molecule has 0 aliphatic heterocycles. The van der Waals surface area contributed by atoms with Crippen molar-refractivity contribution in [2.45, 2.75) is 5.54 Å². The van der Waals surface area contributed by atoms with Crippen molar-refractivity contribution in [1.82, 2.24) is 0 Å². The van der Waals surface area contributed by atoms with Crippen LogP contribution in [0.1, 0.15) is 0 Å². The fourth-order valence-electron chi connectivity index (χ4n) is 0.941. The molecule has 1 rings (SSSR count). The summed E-state index contributed by atoms with van der Waals surface area (Å²) in [6, 6.07) is 10.4. The molecule has 0 unspecified atom stereocenters. The average Bonchev–Trinajstić information content (AvgIpc) is 2.16. The second-order valence-corrected chi connectivity index (χ2v) is 4.04. The van der Waals surface area contributed by atoms with E-state index in [9.17, 15) is 0 Å². The summed E-state index contributed by atoms with van der Waals surface area (Å²) in [7, 11) is 0.760. The minimum atomic E-state index is 0.424. The molecule has 0 fully saturated rings. The molecule has 1 aromatic rings. The van der Waals surface area contributed by atoms with Crippen molar-refractivity contribution in [2.75, 3.05) is 0 Å². The first kappa shape index (κ1) is 9.01. The zero-order valence-electron chi connectivity index (χ0n) is 7.03. The van der Waals surface area contributed by atoms with Gasteiger partial charge in [0.25, 0.3) is 0 Å². The van der Waals surface area contributed by atoms with E-state index >= 15 is 0 Å². The van der Waals surface area contributed by atoms with Gasteiger partial charge in [0.2, 0.25) is 0 Å². The molecule has 12 heavy (non-hydrogen) atoms. The first-order chi connectivity index (χ1) is 5.86. The molecule has 1 heteroatoms. The monoisotopic (exact) mass is 172 g/mol. The van der Waals surface area contributed by atoms with Gasteiger partial charge in [-0.3, -0.25) is 0 Å². The first-order valence-electron chi connectivity index (χ1n) is 3.93. The molecule has 1 aromatic carbocycles. The van der Waals surface area contributed by atoms with Gasteiger partial charge in [-0.05, 0) is 5.54 Å². The van der Waals surface area contributed by atoms with Crippen LogP contribution < -0.4 is 5.19 Å². The predicted molar refractivity (Wildman–Crippen MR) is 56.0 cm³/mol. The predicted octanol–water partition coefficient (Wildman–Crippen LogP) is 2.18. The molecule has 0 atom stereocenters. The molecule has 0 heterocycles. The molecule has 0 amide bonds. The molecule has 0 spiro atoms. The second-order valence-electron chi connectivity index (χ2n) is 2.51. The number of benzene rings is 1. The third kappa shape index (κ3) is 2.51. The van der Waals surface area contributed by atoms with Crippen LogP contribution in [0.2, 0.25) is 5.54 Å². The highest BCUT2D eigenvalue weighted by Crippen LogP contribution is 2.03. The molecular formula is C11H12Si. The van der Waals surface area contributed by atoms with Gasteiger partial charge in [-0.1, -0.05) is 47.7 Å². The molecule has 0 bridgehead atoms. The Morgan fingerprint density at radius 2 is 1.67 bits per heavy atom. The van der Waals surface area contributed by atoms with E-state index in [4.69, 9.17) is 0 Å². The summed E-state index contributed by atoms with van der Waals surface area (Å²) >= 11 is 0. The molecule has 0 aliphatic carbocycles. The third-order valence-corrected chi connectivity index (χ3v) is 3.09. The number of hydrogen-bond acceptors (Lipinski definition) is 0. The molecule has 60 valence electrons. The summed E-state index contributed by atoms with van der Waals surface area (Å²) in [5.41, 5.74) is 0.424. The zero-order valence-corrected chi connectivity index (χ0v) is 8.03. The molecule has 2 radical (unpaired) electrons. The Bertz CT molecular complexity index is 243. The van der Waals surface area contributed by atoms with Crippen molar-refractivity contribution in [3.8, 4) is 0 Å². The third-order valence-electron chi connectivity index (χ3n) is 1.61. The fraction of sp³-hybridized carbons (Fsp3) is 0.0909. The fourth-order valence-corrected chi connectivity index (χ4v) is 1.95. The van der Waals surface area contributed by atoms with Crippen LogP contribution in [0.15, 0.2) is 55.6 Å². The molecule has 0 aliphatic rings. The van der Waals surface area contributed by atoms with Crippen LogP contribution in [0.4, 0.5) is 0 Å². The maximum Gasteiger partial charge on any atom is 0.0931 e. The van der Waals surface area contributed by atoms with Crippen LogP contribution in [0.5, 0.6) is 0 Å². The molecule has 0 saturated carbocycles. The average molecular weight is 172 g/mol. The Morgan fingerprint density at radius 1 is 1.08 bits per heavy atom. The van der Waals surface area contributed by atoms with E-state index in [-0.39, 0.29) is 0 Å². The van der Waals surface area contributed by atoms with Crippen LogP contribution >= 0.6 is 0 Å². The smallest absolute Gasteiger partial charge is 0.0931 e. The standard InChI is InChI=1S/C11H12Si/c1-3-10(4-2)12-11-8-6-5-7-9-11/h3-10H,1-2H2. The van der Waals surface area contributed by atoms with Gasteiger partial charge in [0.15, 0.2) is 0 Å². The first-order valence-corrected chi connectivity index (χ1v) is 5.01. The summed E-state index contributed by atoms with van der Waals surface area (Å²) < 4.78 is 0. The SMILES string of the molecule is C=CC(C=C)[Si]c1ccccc1. The second kappa shape index (κ2) is 4.73. The minimum absolute atomic E-state index is 0.424. The summed E-state index contributed by atoms with van der Waals surface area (Å²) in [5.74, 6) is 0. The normalized spacial score (nSPS) is 9.75. The van der Waals surface area contributed by atoms with Gasteiger partial charge in [-0.15, -0.1) is 13.2 Å². The molecule has 0 N–H and O–H groups in total. The van der Waals surface area contributed by atoms with E-state index in [1.54, 1.807) is 0 Å². The Labute approximate surface area is 76.5 Å². The van der Waals surface area contributed by atoms with Crippen LogP contribution in [0.25, 0.3) is 0 Å². The highest BCUT2D eigenvalue weighted by molar-refractivity contribution is 6.56. The maximum absolute atomic E-state index is 3.76. The van der Waals surface area contributed by atoms with Crippen molar-refractivity contribution < 1.29 is 0 Å². The Hall–Kier alpha value is -1.08. The number of allylic oxidation sites excluding steroid dienone is 2. The lowest BCUT2D eigenvalue weighted by Crippen LogP contribution is -2.16. The topological polar surface area (TPSA) is 0 Å². The van der Waals surface area contributed by atoms with Crippen LogP contribution in [0, 0.1) is 0 Å². The van der Waals surface area contributed by atoms with Gasteiger partial charge in [0.1, 0.15) is 0 Å². The largest absolute Gasteiger partial charge is 0.103 e. The van der Waals surface area contributed by atoms with Gasteiger partial charge < -0.3 is 0 Å². The lowest BCUT2D eigenvalue weighted by molar-refractivity contribution is 1.38. The Balaban J connectivity index is 2.62. The van der Waals surface area contributed by atoms with E-state index in [2.05, 4.69) is 37.4 Å². The van der Waals surface area contributed by atoms with Gasteiger partial charge in [-0.2, -0.15) is 0 Å². The molecule has 0 saturated heterocycles. The molecular weight excluding hydrogens is 160 g/mol. The van der Waals surface area contributed by atoms with E-state index in [0.29, 0.717) is 5.54 Å². The number of hydrogen-bond donors (Lipinski definition) is 0. The Morgan fingerprint density at radius 3 is 2.17 bits per heavy atom. The highest BCUT2D eigenvalue weighted by Gasteiger charge is 2.00. The van der Waals surface area contributed by atoms with Crippen LogP contribution in [0.3, 0.4) is 0 Å². The lowest BCUT2D eigenvalue weighted by atomic mass is 10.4. The summed E-state index contributed by atoms with van der Waals surface area (Å²) in [6.45, 7) is 7.53. The van der Waals surface area contributed by atoms with Crippen LogP contribution in [-0.2, 0) is 0 Å². The van der Waals surface area contributed by atoms with E-state index in [1.807, 2.05) is 18.2 Å². The minimum Gasteiger partial charge on any atom is -0.103 e. The van der Waals surface area contributed by atoms with Crippen molar-refractivity contribution in [3.05, 3.63) is 55.6 Å². The summed E-state index contributed by atoms with van der Waals surface area (Å²) in [4.78, 5) is 0. The van der Waals surface area contributed by atoms with Gasteiger partial charge in [0, 0.05) is 0 Å². The van der Waals surface area contributed by atoms with E-state index in [1.165, 1.54) is 5.19 Å². The maximum atomic E-state index is 3.76. The van der Waals surface area contributed by atoms with E-state index in [0.717, 1.165) is 9.52 Å².